The Labute approximate surface area is 131 Å². The number of rotatable bonds is 6. The van der Waals surface area contributed by atoms with E-state index in [1.165, 1.54) is 17.7 Å². The molecule has 3 rings (SSSR count). The standard InChI is InChI=1S/C14H17BrN4S/c1-19(8-13-4-11(15)9-20-13)14-17-6-10(7-18-14)5-16-12-2-3-12/h4,6-7,9,12,16H,2-3,5,8H2,1H3. The third-order valence-electron chi connectivity index (χ3n) is 3.22. The topological polar surface area (TPSA) is 41.1 Å². The van der Waals surface area contributed by atoms with Gasteiger partial charge in [0.05, 0.1) is 6.54 Å². The fourth-order valence-corrected chi connectivity index (χ4v) is 3.43. The van der Waals surface area contributed by atoms with E-state index in [1.807, 2.05) is 19.4 Å². The maximum atomic E-state index is 4.45. The summed E-state index contributed by atoms with van der Waals surface area (Å²) in [6.45, 7) is 1.70. The summed E-state index contributed by atoms with van der Waals surface area (Å²) in [5, 5.41) is 5.56. The predicted molar refractivity (Wildman–Crippen MR) is 86.0 cm³/mol. The third-order valence-corrected chi connectivity index (χ3v) is 4.90. The van der Waals surface area contributed by atoms with Crippen LogP contribution in [0.5, 0.6) is 0 Å². The molecule has 1 saturated carbocycles. The average Bonchev–Trinajstić information content (AvgIpc) is 3.20. The minimum atomic E-state index is 0.717. The summed E-state index contributed by atoms with van der Waals surface area (Å²) in [4.78, 5) is 12.3. The number of nitrogens with one attached hydrogen (secondary N) is 1. The first kappa shape index (κ1) is 14.0. The number of halogens is 1. The Balaban J connectivity index is 1.57. The van der Waals surface area contributed by atoms with E-state index in [1.54, 1.807) is 11.3 Å². The van der Waals surface area contributed by atoms with Crippen molar-refractivity contribution < 1.29 is 0 Å². The maximum Gasteiger partial charge on any atom is 0.225 e. The molecule has 1 aliphatic carbocycles. The molecule has 106 valence electrons. The second kappa shape index (κ2) is 6.20. The highest BCUT2D eigenvalue weighted by atomic mass is 79.9. The lowest BCUT2D eigenvalue weighted by atomic mass is 10.3. The summed E-state index contributed by atoms with van der Waals surface area (Å²) < 4.78 is 1.13. The highest BCUT2D eigenvalue weighted by molar-refractivity contribution is 9.10. The highest BCUT2D eigenvalue weighted by Gasteiger charge is 2.20. The van der Waals surface area contributed by atoms with E-state index in [9.17, 15) is 0 Å². The Morgan fingerprint density at radius 1 is 1.40 bits per heavy atom. The Morgan fingerprint density at radius 3 is 2.75 bits per heavy atom. The molecule has 20 heavy (non-hydrogen) atoms. The van der Waals surface area contributed by atoms with Gasteiger partial charge in [0, 0.05) is 52.3 Å². The largest absolute Gasteiger partial charge is 0.339 e. The molecule has 6 heteroatoms. The molecule has 0 aromatic carbocycles. The van der Waals surface area contributed by atoms with Gasteiger partial charge in [-0.05, 0) is 34.8 Å². The monoisotopic (exact) mass is 352 g/mol. The molecule has 1 fully saturated rings. The molecule has 1 N–H and O–H groups in total. The van der Waals surface area contributed by atoms with Crippen molar-refractivity contribution in [3.05, 3.63) is 38.8 Å². The molecule has 0 radical (unpaired) electrons. The van der Waals surface area contributed by atoms with E-state index in [4.69, 9.17) is 0 Å². The molecule has 0 bridgehead atoms. The summed E-state index contributed by atoms with van der Waals surface area (Å²) in [5.41, 5.74) is 1.15. The summed E-state index contributed by atoms with van der Waals surface area (Å²) >= 11 is 5.22. The quantitative estimate of drug-likeness (QED) is 0.866. The van der Waals surface area contributed by atoms with Gasteiger partial charge in [-0.2, -0.15) is 0 Å². The molecule has 2 aromatic heterocycles. The first-order valence-corrected chi connectivity index (χ1v) is 8.36. The zero-order chi connectivity index (χ0) is 13.9. The first-order valence-electron chi connectivity index (χ1n) is 6.69. The van der Waals surface area contributed by atoms with E-state index < -0.39 is 0 Å². The number of hydrogen-bond acceptors (Lipinski definition) is 5. The lowest BCUT2D eigenvalue weighted by Gasteiger charge is -2.16. The van der Waals surface area contributed by atoms with Crippen molar-refractivity contribution in [2.75, 3.05) is 11.9 Å². The fraction of sp³-hybridized carbons (Fsp3) is 0.429. The Hall–Kier alpha value is -0.980. The minimum absolute atomic E-state index is 0.717. The molecule has 0 aliphatic heterocycles. The minimum Gasteiger partial charge on any atom is -0.339 e. The summed E-state index contributed by atoms with van der Waals surface area (Å²) in [7, 11) is 2.02. The van der Waals surface area contributed by atoms with E-state index in [0.717, 1.165) is 35.1 Å². The normalized spacial score (nSPS) is 14.5. The van der Waals surface area contributed by atoms with Crippen LogP contribution in [0.15, 0.2) is 28.3 Å². The van der Waals surface area contributed by atoms with Crippen LogP contribution in [0, 0.1) is 0 Å². The molecule has 4 nitrogen and oxygen atoms in total. The molecular formula is C14H17BrN4S. The molecule has 0 atom stereocenters. The van der Waals surface area contributed by atoms with Crippen LogP contribution in [0.4, 0.5) is 5.95 Å². The van der Waals surface area contributed by atoms with Gasteiger partial charge in [-0.25, -0.2) is 9.97 Å². The van der Waals surface area contributed by atoms with E-state index in [0.29, 0.717) is 0 Å². The van der Waals surface area contributed by atoms with Gasteiger partial charge in [0.15, 0.2) is 0 Å². The van der Waals surface area contributed by atoms with Crippen LogP contribution in [0.25, 0.3) is 0 Å². The number of nitrogens with zero attached hydrogens (tertiary/aromatic N) is 3. The van der Waals surface area contributed by atoms with Crippen molar-refractivity contribution in [1.29, 1.82) is 0 Å². The molecule has 0 unspecified atom stereocenters. The van der Waals surface area contributed by atoms with E-state index >= 15 is 0 Å². The highest BCUT2D eigenvalue weighted by Crippen LogP contribution is 2.22. The number of thiophene rings is 1. The number of aromatic nitrogens is 2. The Morgan fingerprint density at radius 2 is 2.15 bits per heavy atom. The predicted octanol–water partition coefficient (Wildman–Crippen LogP) is 3.19. The van der Waals surface area contributed by atoms with Crippen LogP contribution in [0.3, 0.4) is 0 Å². The van der Waals surface area contributed by atoms with Gasteiger partial charge in [0.1, 0.15) is 0 Å². The smallest absolute Gasteiger partial charge is 0.225 e. The van der Waals surface area contributed by atoms with Crippen molar-refractivity contribution in [2.45, 2.75) is 32.0 Å². The zero-order valence-corrected chi connectivity index (χ0v) is 13.7. The number of hydrogen-bond donors (Lipinski definition) is 1. The van der Waals surface area contributed by atoms with Crippen LogP contribution in [0.1, 0.15) is 23.3 Å². The van der Waals surface area contributed by atoms with Gasteiger partial charge >= 0.3 is 0 Å². The first-order chi connectivity index (χ1) is 9.70. The van der Waals surface area contributed by atoms with Crippen LogP contribution < -0.4 is 10.2 Å². The summed E-state index contributed by atoms with van der Waals surface area (Å²) in [6, 6.07) is 2.85. The second-order valence-electron chi connectivity index (χ2n) is 5.13. The molecule has 1 aliphatic rings. The third kappa shape index (κ3) is 3.77. The van der Waals surface area contributed by atoms with Crippen molar-refractivity contribution >= 4 is 33.2 Å². The lowest BCUT2D eigenvalue weighted by molar-refractivity contribution is 0.682. The second-order valence-corrected chi connectivity index (χ2v) is 7.05. The van der Waals surface area contributed by atoms with Crippen LogP contribution in [-0.2, 0) is 13.1 Å². The van der Waals surface area contributed by atoms with Gasteiger partial charge in [-0.3, -0.25) is 0 Å². The molecule has 0 amide bonds. The Kier molecular flexibility index (Phi) is 4.33. The van der Waals surface area contributed by atoms with Gasteiger partial charge in [-0.15, -0.1) is 11.3 Å². The van der Waals surface area contributed by atoms with Crippen molar-refractivity contribution in [1.82, 2.24) is 15.3 Å². The summed E-state index contributed by atoms with van der Waals surface area (Å²) in [6.07, 6.45) is 6.44. The number of anilines is 1. The van der Waals surface area contributed by atoms with E-state index in [-0.39, 0.29) is 0 Å². The fourth-order valence-electron chi connectivity index (χ4n) is 1.93. The van der Waals surface area contributed by atoms with Crippen molar-refractivity contribution in [2.24, 2.45) is 0 Å². The van der Waals surface area contributed by atoms with Crippen molar-refractivity contribution in [3.8, 4) is 0 Å². The molecule has 2 aromatic rings. The average molecular weight is 353 g/mol. The van der Waals surface area contributed by atoms with Crippen molar-refractivity contribution in [3.63, 3.8) is 0 Å². The molecule has 0 saturated heterocycles. The van der Waals surface area contributed by atoms with Gasteiger partial charge < -0.3 is 10.2 Å². The van der Waals surface area contributed by atoms with E-state index in [2.05, 4.69) is 47.6 Å². The lowest BCUT2D eigenvalue weighted by Crippen LogP contribution is -2.19. The summed E-state index contributed by atoms with van der Waals surface area (Å²) in [5.74, 6) is 0.768. The van der Waals surface area contributed by atoms with Gasteiger partial charge in [-0.1, -0.05) is 0 Å². The van der Waals surface area contributed by atoms with Crippen LogP contribution >= 0.6 is 27.3 Å². The molecular weight excluding hydrogens is 336 g/mol. The maximum absolute atomic E-state index is 4.45. The molecule has 2 heterocycles. The van der Waals surface area contributed by atoms with Gasteiger partial charge in [0.25, 0.3) is 0 Å². The van der Waals surface area contributed by atoms with Crippen LogP contribution in [0.2, 0.25) is 0 Å². The van der Waals surface area contributed by atoms with Crippen LogP contribution in [-0.4, -0.2) is 23.1 Å². The Bertz CT molecular complexity index is 565. The van der Waals surface area contributed by atoms with Gasteiger partial charge in [0.2, 0.25) is 5.95 Å². The zero-order valence-electron chi connectivity index (χ0n) is 11.3. The molecule has 0 spiro atoms. The SMILES string of the molecule is CN(Cc1cc(Br)cs1)c1ncc(CNC2CC2)cn1.